The van der Waals surface area contributed by atoms with E-state index in [1.165, 1.54) is 24.3 Å². The van der Waals surface area contributed by atoms with Crippen molar-refractivity contribution in [1.29, 1.82) is 0 Å². The van der Waals surface area contributed by atoms with Gasteiger partial charge in [-0.2, -0.15) is 0 Å². The zero-order valence-corrected chi connectivity index (χ0v) is 17.7. The maximum absolute atomic E-state index is 15.0. The summed E-state index contributed by atoms with van der Waals surface area (Å²) in [4.78, 5) is 0. The molecule has 0 atom stereocenters. The Labute approximate surface area is 183 Å². The molecule has 0 aromatic heterocycles. The normalized spacial score (nSPS) is 21.2. The number of fused-ring (bicyclic) bond motifs is 1. The summed E-state index contributed by atoms with van der Waals surface area (Å²) in [7, 11) is 0. The SMILES string of the molecule is CCC1CCC(c2cc(F)c(C3=CCc4c(ccc(OC(F)(F)F)c4F)C3)c(F)c2)CC1. The van der Waals surface area contributed by atoms with Crippen LogP contribution in [-0.2, 0) is 12.8 Å². The monoisotopic (exact) mass is 454 g/mol. The quantitative estimate of drug-likeness (QED) is 0.427. The predicted molar refractivity (Wildman–Crippen MR) is 110 cm³/mol. The first-order valence-electron chi connectivity index (χ1n) is 10.9. The van der Waals surface area contributed by atoms with Gasteiger partial charge in [0.15, 0.2) is 11.6 Å². The van der Waals surface area contributed by atoms with Crippen LogP contribution >= 0.6 is 0 Å². The van der Waals surface area contributed by atoms with E-state index in [1.807, 2.05) is 0 Å². The van der Waals surface area contributed by atoms with Crippen LogP contribution in [-0.4, -0.2) is 6.36 Å². The van der Waals surface area contributed by atoms with Crippen LogP contribution in [0.3, 0.4) is 0 Å². The van der Waals surface area contributed by atoms with Crippen LogP contribution in [0.1, 0.15) is 67.2 Å². The average Bonchev–Trinajstić information content (AvgIpc) is 2.74. The minimum Gasteiger partial charge on any atom is -0.403 e. The molecule has 1 fully saturated rings. The Balaban J connectivity index is 1.57. The fourth-order valence-electron chi connectivity index (χ4n) is 4.96. The second-order valence-corrected chi connectivity index (χ2v) is 8.66. The standard InChI is InChI=1S/C25H24F6O/c1-2-14-3-5-15(6-4-14)18-12-20(26)23(21(27)13-18)17-7-9-19-16(11-17)8-10-22(24(19)28)32-25(29,30)31/h7-8,10,12-15H,2-6,9,11H2,1H3. The molecule has 1 saturated carbocycles. The Morgan fingerprint density at radius 2 is 1.62 bits per heavy atom. The number of rotatable bonds is 4. The van der Waals surface area contributed by atoms with E-state index in [2.05, 4.69) is 11.7 Å². The first kappa shape index (κ1) is 22.7. The van der Waals surface area contributed by atoms with Gasteiger partial charge >= 0.3 is 6.36 Å². The van der Waals surface area contributed by atoms with Gasteiger partial charge in [0, 0.05) is 5.56 Å². The maximum Gasteiger partial charge on any atom is 0.573 e. The average molecular weight is 454 g/mol. The predicted octanol–water partition coefficient (Wildman–Crippen LogP) is 7.87. The van der Waals surface area contributed by atoms with Crippen LogP contribution in [0.2, 0.25) is 0 Å². The minimum atomic E-state index is -5.01. The zero-order chi connectivity index (χ0) is 23.0. The lowest BCUT2D eigenvalue weighted by Crippen LogP contribution is -2.19. The molecule has 0 N–H and O–H groups in total. The van der Waals surface area contributed by atoms with Crippen molar-refractivity contribution in [2.75, 3.05) is 0 Å². The fourth-order valence-corrected chi connectivity index (χ4v) is 4.96. The summed E-state index contributed by atoms with van der Waals surface area (Å²) in [6.45, 7) is 2.16. The largest absolute Gasteiger partial charge is 0.573 e. The molecule has 0 radical (unpaired) electrons. The van der Waals surface area contributed by atoms with Gasteiger partial charge in [0.05, 0.1) is 0 Å². The van der Waals surface area contributed by atoms with Crippen molar-refractivity contribution in [3.63, 3.8) is 0 Å². The highest BCUT2D eigenvalue weighted by atomic mass is 19.4. The van der Waals surface area contributed by atoms with E-state index < -0.39 is 29.6 Å². The van der Waals surface area contributed by atoms with Gasteiger partial charge < -0.3 is 4.74 Å². The summed E-state index contributed by atoms with van der Waals surface area (Å²) in [5.41, 5.74) is 1.29. The topological polar surface area (TPSA) is 9.23 Å². The lowest BCUT2D eigenvalue weighted by atomic mass is 9.77. The van der Waals surface area contributed by atoms with Gasteiger partial charge in [-0.1, -0.05) is 25.5 Å². The van der Waals surface area contributed by atoms with E-state index >= 15 is 0 Å². The molecule has 2 aliphatic rings. The van der Waals surface area contributed by atoms with Crippen molar-refractivity contribution in [2.45, 2.75) is 64.1 Å². The van der Waals surface area contributed by atoms with Crippen molar-refractivity contribution in [3.8, 4) is 5.75 Å². The van der Waals surface area contributed by atoms with Crippen molar-refractivity contribution >= 4 is 5.57 Å². The van der Waals surface area contributed by atoms with E-state index in [9.17, 15) is 26.3 Å². The van der Waals surface area contributed by atoms with Gasteiger partial charge in [0.1, 0.15) is 11.6 Å². The number of ether oxygens (including phenoxy) is 1. The first-order chi connectivity index (χ1) is 15.2. The van der Waals surface area contributed by atoms with Crippen LogP contribution in [0, 0.1) is 23.4 Å². The van der Waals surface area contributed by atoms with E-state index in [0.717, 1.165) is 38.2 Å². The molecular weight excluding hydrogens is 430 g/mol. The highest BCUT2D eigenvalue weighted by Gasteiger charge is 2.33. The van der Waals surface area contributed by atoms with Gasteiger partial charge in [-0.3, -0.25) is 0 Å². The second-order valence-electron chi connectivity index (χ2n) is 8.66. The molecule has 172 valence electrons. The molecule has 0 spiro atoms. The highest BCUT2D eigenvalue weighted by Crippen LogP contribution is 2.40. The van der Waals surface area contributed by atoms with Crippen LogP contribution in [0.25, 0.3) is 5.57 Å². The molecule has 0 unspecified atom stereocenters. The molecule has 0 amide bonds. The van der Waals surface area contributed by atoms with Crippen molar-refractivity contribution in [3.05, 3.63) is 70.0 Å². The van der Waals surface area contributed by atoms with Gasteiger partial charge in [0.2, 0.25) is 0 Å². The van der Waals surface area contributed by atoms with Crippen LogP contribution in [0.4, 0.5) is 26.3 Å². The van der Waals surface area contributed by atoms with E-state index in [1.54, 1.807) is 0 Å². The second kappa shape index (κ2) is 8.83. The summed E-state index contributed by atoms with van der Waals surface area (Å²) in [6.07, 6.45) is 1.46. The third-order valence-corrected chi connectivity index (χ3v) is 6.75. The van der Waals surface area contributed by atoms with Crippen molar-refractivity contribution < 1.29 is 31.1 Å². The molecule has 32 heavy (non-hydrogen) atoms. The smallest absolute Gasteiger partial charge is 0.403 e. The van der Waals surface area contributed by atoms with Crippen LogP contribution < -0.4 is 4.74 Å². The Bertz CT molecular complexity index is 1010. The van der Waals surface area contributed by atoms with Crippen molar-refractivity contribution in [1.82, 2.24) is 0 Å². The van der Waals surface area contributed by atoms with Gasteiger partial charge in [-0.05, 0) is 90.8 Å². The Hall–Kier alpha value is -2.44. The van der Waals surface area contributed by atoms with Crippen LogP contribution in [0.5, 0.6) is 5.75 Å². The Morgan fingerprint density at radius 3 is 2.22 bits per heavy atom. The molecule has 2 aromatic rings. The van der Waals surface area contributed by atoms with Gasteiger partial charge in [-0.25, -0.2) is 13.2 Å². The van der Waals surface area contributed by atoms with Crippen LogP contribution in [0.15, 0.2) is 30.3 Å². The van der Waals surface area contributed by atoms with Gasteiger partial charge in [-0.15, -0.1) is 13.2 Å². The number of allylic oxidation sites excluding steroid dienone is 2. The molecule has 2 aliphatic carbocycles. The van der Waals surface area contributed by atoms with Crippen molar-refractivity contribution in [2.24, 2.45) is 5.92 Å². The third-order valence-electron chi connectivity index (χ3n) is 6.75. The summed E-state index contributed by atoms with van der Waals surface area (Å²) in [6, 6.07) is 5.00. The summed E-state index contributed by atoms with van der Waals surface area (Å²) < 4.78 is 85.5. The molecule has 0 bridgehead atoms. The molecule has 7 heteroatoms. The Kier molecular flexibility index (Phi) is 6.28. The lowest BCUT2D eigenvalue weighted by Gasteiger charge is -2.28. The van der Waals surface area contributed by atoms with E-state index in [0.29, 0.717) is 22.6 Å². The number of hydrogen-bond acceptors (Lipinski definition) is 1. The van der Waals surface area contributed by atoms with E-state index in [-0.39, 0.29) is 29.9 Å². The molecule has 0 heterocycles. The maximum atomic E-state index is 15.0. The minimum absolute atomic E-state index is 0.0212. The molecule has 4 rings (SSSR count). The van der Waals surface area contributed by atoms with Gasteiger partial charge in [0.25, 0.3) is 0 Å². The summed E-state index contributed by atoms with van der Waals surface area (Å²) in [5.74, 6) is -2.52. The highest BCUT2D eigenvalue weighted by molar-refractivity contribution is 5.72. The Morgan fingerprint density at radius 1 is 0.969 bits per heavy atom. The molecule has 0 aliphatic heterocycles. The number of alkyl halides is 3. The summed E-state index contributed by atoms with van der Waals surface area (Å²) >= 11 is 0. The summed E-state index contributed by atoms with van der Waals surface area (Å²) in [5, 5.41) is 0. The number of benzene rings is 2. The molecule has 0 saturated heterocycles. The fraction of sp³-hybridized carbons (Fsp3) is 0.440. The lowest BCUT2D eigenvalue weighted by molar-refractivity contribution is -0.275. The molecular formula is C25H24F6O. The first-order valence-corrected chi connectivity index (χ1v) is 10.9. The number of halogens is 6. The molecule has 1 nitrogen and oxygen atoms in total. The van der Waals surface area contributed by atoms with E-state index in [4.69, 9.17) is 0 Å². The molecule has 2 aromatic carbocycles. The third kappa shape index (κ3) is 4.66. The zero-order valence-electron chi connectivity index (χ0n) is 17.7. The number of hydrogen-bond donors (Lipinski definition) is 0.